The fraction of sp³-hybridized carbons (Fsp3) is 0.588. The molecule has 0 bridgehead atoms. The van der Waals surface area contributed by atoms with Crippen LogP contribution < -0.4 is 5.32 Å². The van der Waals surface area contributed by atoms with Gasteiger partial charge in [-0.2, -0.15) is 5.26 Å². The largest absolute Gasteiger partial charge is 0.300 e. The predicted molar refractivity (Wildman–Crippen MR) is 82.6 cm³/mol. The first-order valence-corrected chi connectivity index (χ1v) is 7.62. The van der Waals surface area contributed by atoms with Crippen molar-refractivity contribution in [1.29, 1.82) is 5.26 Å². The molecule has 1 aromatic rings. The zero-order chi connectivity index (χ0) is 14.4. The molecular weight excluding hydrogens is 246 g/mol. The molecule has 2 rings (SSSR count). The molecule has 3 nitrogen and oxygen atoms in total. The van der Waals surface area contributed by atoms with Gasteiger partial charge in [0.15, 0.2) is 0 Å². The number of hydrogen-bond acceptors (Lipinski definition) is 3. The number of rotatable bonds is 5. The molecule has 1 heterocycles. The molecule has 1 unspecified atom stereocenters. The summed E-state index contributed by atoms with van der Waals surface area (Å²) in [5, 5.41) is 12.8. The second-order valence-corrected chi connectivity index (χ2v) is 5.92. The van der Waals surface area contributed by atoms with Gasteiger partial charge in [0.05, 0.1) is 6.07 Å². The van der Waals surface area contributed by atoms with Gasteiger partial charge in [0.1, 0.15) is 5.54 Å². The predicted octanol–water partition coefficient (Wildman–Crippen LogP) is 2.37. The minimum absolute atomic E-state index is 0.438. The highest BCUT2D eigenvalue weighted by Crippen LogP contribution is 2.17. The van der Waals surface area contributed by atoms with Crippen LogP contribution in [0.15, 0.2) is 24.3 Å². The van der Waals surface area contributed by atoms with Crippen LogP contribution in [-0.4, -0.2) is 36.6 Å². The van der Waals surface area contributed by atoms with Crippen molar-refractivity contribution >= 4 is 0 Å². The molecule has 1 aliphatic rings. The van der Waals surface area contributed by atoms with E-state index in [1.807, 2.05) is 6.92 Å². The van der Waals surface area contributed by atoms with Crippen LogP contribution in [0.4, 0.5) is 0 Å². The average molecular weight is 271 g/mol. The summed E-state index contributed by atoms with van der Waals surface area (Å²) in [7, 11) is 0. The third-order valence-electron chi connectivity index (χ3n) is 4.06. The Kier molecular flexibility index (Phi) is 5.17. The van der Waals surface area contributed by atoms with E-state index in [1.165, 1.54) is 11.1 Å². The van der Waals surface area contributed by atoms with Crippen LogP contribution in [0.2, 0.25) is 0 Å². The number of nitriles is 1. The van der Waals surface area contributed by atoms with Crippen LogP contribution in [0, 0.1) is 11.3 Å². The molecule has 0 spiro atoms. The highest BCUT2D eigenvalue weighted by atomic mass is 15.2. The SMILES string of the molecule is CCCNC(C)(C#N)CN1CCc2ccccc2CC1. The summed E-state index contributed by atoms with van der Waals surface area (Å²) in [5.41, 5.74) is 2.50. The van der Waals surface area contributed by atoms with Gasteiger partial charge < -0.3 is 0 Å². The quantitative estimate of drug-likeness (QED) is 0.893. The second-order valence-electron chi connectivity index (χ2n) is 5.92. The van der Waals surface area contributed by atoms with Gasteiger partial charge in [0, 0.05) is 19.6 Å². The molecular formula is C17H25N3. The lowest BCUT2D eigenvalue weighted by atomic mass is 10.0. The summed E-state index contributed by atoms with van der Waals surface area (Å²) in [6, 6.07) is 11.2. The van der Waals surface area contributed by atoms with Crippen LogP contribution >= 0.6 is 0 Å². The third-order valence-corrected chi connectivity index (χ3v) is 4.06. The molecule has 20 heavy (non-hydrogen) atoms. The van der Waals surface area contributed by atoms with Crippen LogP contribution in [0.25, 0.3) is 0 Å². The van der Waals surface area contributed by atoms with Gasteiger partial charge in [0.2, 0.25) is 0 Å². The Bertz CT molecular complexity index is 450. The zero-order valence-corrected chi connectivity index (χ0v) is 12.7. The van der Waals surface area contributed by atoms with Gasteiger partial charge in [0.25, 0.3) is 0 Å². The molecule has 3 heteroatoms. The summed E-state index contributed by atoms with van der Waals surface area (Å²) < 4.78 is 0. The van der Waals surface area contributed by atoms with Crippen LogP contribution in [0.5, 0.6) is 0 Å². The van der Waals surface area contributed by atoms with Crippen molar-refractivity contribution in [2.45, 2.75) is 38.6 Å². The van der Waals surface area contributed by atoms with E-state index in [0.29, 0.717) is 0 Å². The van der Waals surface area contributed by atoms with Crippen molar-refractivity contribution in [3.05, 3.63) is 35.4 Å². The topological polar surface area (TPSA) is 39.1 Å². The Morgan fingerprint density at radius 3 is 2.35 bits per heavy atom. The molecule has 0 radical (unpaired) electrons. The first-order chi connectivity index (χ1) is 9.67. The lowest BCUT2D eigenvalue weighted by Crippen LogP contribution is -2.51. The van der Waals surface area contributed by atoms with E-state index in [0.717, 1.165) is 45.4 Å². The highest BCUT2D eigenvalue weighted by molar-refractivity contribution is 5.28. The van der Waals surface area contributed by atoms with E-state index in [9.17, 15) is 5.26 Å². The number of nitrogens with zero attached hydrogens (tertiary/aromatic N) is 2. The molecule has 0 fully saturated rings. The molecule has 1 aliphatic heterocycles. The summed E-state index contributed by atoms with van der Waals surface area (Å²) >= 11 is 0. The van der Waals surface area contributed by atoms with Gasteiger partial charge in [-0.05, 0) is 43.9 Å². The molecule has 1 aromatic carbocycles. The monoisotopic (exact) mass is 271 g/mol. The summed E-state index contributed by atoms with van der Waals surface area (Å²) in [4.78, 5) is 2.42. The summed E-state index contributed by atoms with van der Waals surface area (Å²) in [5.74, 6) is 0. The standard InChI is InChI=1S/C17H25N3/c1-3-10-19-17(2,13-18)14-20-11-8-15-6-4-5-7-16(15)9-12-20/h4-7,19H,3,8-12,14H2,1-2H3. The van der Waals surface area contributed by atoms with E-state index in [1.54, 1.807) is 0 Å². The van der Waals surface area contributed by atoms with Crippen molar-refractivity contribution in [2.24, 2.45) is 0 Å². The van der Waals surface area contributed by atoms with Crippen LogP contribution in [0.1, 0.15) is 31.4 Å². The smallest absolute Gasteiger partial charge is 0.116 e. The molecule has 0 saturated heterocycles. The minimum Gasteiger partial charge on any atom is -0.300 e. The molecule has 0 aromatic heterocycles. The Labute approximate surface area is 122 Å². The summed E-state index contributed by atoms with van der Waals surface area (Å²) in [6.07, 6.45) is 3.24. The normalized spacial score (nSPS) is 18.6. The first-order valence-electron chi connectivity index (χ1n) is 7.62. The zero-order valence-electron chi connectivity index (χ0n) is 12.7. The van der Waals surface area contributed by atoms with Crippen LogP contribution in [-0.2, 0) is 12.8 Å². The summed E-state index contributed by atoms with van der Waals surface area (Å²) in [6.45, 7) is 7.94. The fourth-order valence-corrected chi connectivity index (χ4v) is 2.85. The van der Waals surface area contributed by atoms with Gasteiger partial charge in [-0.25, -0.2) is 0 Å². The first kappa shape index (κ1) is 15.0. The Balaban J connectivity index is 1.97. The fourth-order valence-electron chi connectivity index (χ4n) is 2.85. The molecule has 0 aliphatic carbocycles. The van der Waals surface area contributed by atoms with Gasteiger partial charge in [-0.15, -0.1) is 0 Å². The van der Waals surface area contributed by atoms with E-state index in [4.69, 9.17) is 0 Å². The van der Waals surface area contributed by atoms with Crippen molar-refractivity contribution in [3.63, 3.8) is 0 Å². The number of fused-ring (bicyclic) bond motifs is 1. The van der Waals surface area contributed by atoms with Crippen molar-refractivity contribution in [1.82, 2.24) is 10.2 Å². The van der Waals surface area contributed by atoms with E-state index in [-0.39, 0.29) is 0 Å². The Hall–Kier alpha value is -1.37. The maximum Gasteiger partial charge on any atom is 0.116 e. The maximum absolute atomic E-state index is 9.45. The van der Waals surface area contributed by atoms with Crippen LogP contribution in [0.3, 0.4) is 0 Å². The Morgan fingerprint density at radius 2 is 1.85 bits per heavy atom. The maximum atomic E-state index is 9.45. The number of hydrogen-bond donors (Lipinski definition) is 1. The molecule has 108 valence electrons. The lowest BCUT2D eigenvalue weighted by Gasteiger charge is -2.30. The van der Waals surface area contributed by atoms with Gasteiger partial charge in [-0.1, -0.05) is 31.2 Å². The van der Waals surface area contributed by atoms with Crippen molar-refractivity contribution in [3.8, 4) is 6.07 Å². The van der Waals surface area contributed by atoms with Gasteiger partial charge in [-0.3, -0.25) is 10.2 Å². The average Bonchev–Trinajstić information content (AvgIpc) is 2.68. The highest BCUT2D eigenvalue weighted by Gasteiger charge is 2.26. The van der Waals surface area contributed by atoms with E-state index < -0.39 is 5.54 Å². The van der Waals surface area contributed by atoms with E-state index >= 15 is 0 Å². The lowest BCUT2D eigenvalue weighted by molar-refractivity contribution is 0.228. The second kappa shape index (κ2) is 6.88. The van der Waals surface area contributed by atoms with Crippen molar-refractivity contribution < 1.29 is 0 Å². The van der Waals surface area contributed by atoms with Gasteiger partial charge >= 0.3 is 0 Å². The minimum atomic E-state index is -0.438. The number of nitrogens with one attached hydrogen (secondary N) is 1. The Morgan fingerprint density at radius 1 is 1.25 bits per heavy atom. The molecule has 0 saturated carbocycles. The molecule has 1 atom stereocenters. The molecule has 1 N–H and O–H groups in total. The van der Waals surface area contributed by atoms with Crippen molar-refractivity contribution in [2.75, 3.05) is 26.2 Å². The van der Waals surface area contributed by atoms with E-state index in [2.05, 4.69) is 47.5 Å². The molecule has 0 amide bonds. The number of benzene rings is 1. The third kappa shape index (κ3) is 3.82.